The van der Waals surface area contributed by atoms with E-state index in [1.807, 2.05) is 12.1 Å². The summed E-state index contributed by atoms with van der Waals surface area (Å²) in [7, 11) is 0. The van der Waals surface area contributed by atoms with Gasteiger partial charge in [0.15, 0.2) is 0 Å². The van der Waals surface area contributed by atoms with E-state index in [2.05, 4.69) is 12.2 Å². The molecule has 0 spiro atoms. The highest BCUT2D eigenvalue weighted by molar-refractivity contribution is 6.34. The van der Waals surface area contributed by atoms with Crippen LogP contribution in [0.5, 0.6) is 0 Å². The molecule has 1 N–H and O–H groups in total. The van der Waals surface area contributed by atoms with Crippen molar-refractivity contribution >= 4 is 23.2 Å². The summed E-state index contributed by atoms with van der Waals surface area (Å²) in [6, 6.07) is 11.7. The molecule has 0 saturated carbocycles. The summed E-state index contributed by atoms with van der Waals surface area (Å²) in [5.41, 5.74) is 1.69. The molecule has 0 saturated heterocycles. The van der Waals surface area contributed by atoms with Crippen LogP contribution in [0, 0.1) is 5.82 Å². The summed E-state index contributed by atoms with van der Waals surface area (Å²) in [5.74, 6) is -1.17. The van der Waals surface area contributed by atoms with Gasteiger partial charge in [-0.2, -0.15) is 0 Å². The Morgan fingerprint density at radius 1 is 1.20 bits per heavy atom. The molecule has 1 amide bonds. The van der Waals surface area contributed by atoms with Gasteiger partial charge in [-0.25, -0.2) is 4.39 Å². The van der Waals surface area contributed by atoms with Gasteiger partial charge in [0.2, 0.25) is 0 Å². The van der Waals surface area contributed by atoms with Crippen LogP contribution in [-0.4, -0.2) is 5.91 Å². The second kappa shape index (κ2) is 6.53. The Hall–Kier alpha value is -1.87. The predicted molar refractivity (Wildman–Crippen MR) is 79.8 cm³/mol. The molecule has 0 unspecified atom stereocenters. The van der Waals surface area contributed by atoms with Crippen molar-refractivity contribution < 1.29 is 9.18 Å². The number of aryl methyl sites for hydroxylation is 1. The molecule has 0 aliphatic heterocycles. The van der Waals surface area contributed by atoms with E-state index in [9.17, 15) is 9.18 Å². The predicted octanol–water partition coefficient (Wildman–Crippen LogP) is 4.68. The molecular weight excluding hydrogens is 277 g/mol. The zero-order valence-corrected chi connectivity index (χ0v) is 11.9. The van der Waals surface area contributed by atoms with Gasteiger partial charge in [-0.15, -0.1) is 0 Å². The molecule has 0 atom stereocenters. The van der Waals surface area contributed by atoms with Crippen LogP contribution in [0.25, 0.3) is 0 Å². The highest BCUT2D eigenvalue weighted by Crippen LogP contribution is 2.20. The summed E-state index contributed by atoms with van der Waals surface area (Å²) < 4.78 is 13.6. The zero-order chi connectivity index (χ0) is 14.5. The van der Waals surface area contributed by atoms with Gasteiger partial charge in [-0.05, 0) is 36.2 Å². The fourth-order valence-electron chi connectivity index (χ4n) is 1.95. The van der Waals surface area contributed by atoms with Gasteiger partial charge in [0.05, 0.1) is 10.6 Å². The molecule has 2 aromatic carbocycles. The van der Waals surface area contributed by atoms with Crippen molar-refractivity contribution in [2.45, 2.75) is 19.8 Å². The number of rotatable bonds is 4. The molecular formula is C16H15ClFNO. The first kappa shape index (κ1) is 14.5. The summed E-state index contributed by atoms with van der Waals surface area (Å²) in [6.07, 6.45) is 2.06. The maximum Gasteiger partial charge on any atom is 0.260 e. The van der Waals surface area contributed by atoms with Crippen molar-refractivity contribution in [1.82, 2.24) is 0 Å². The molecule has 0 fully saturated rings. The Morgan fingerprint density at radius 3 is 2.50 bits per heavy atom. The van der Waals surface area contributed by atoms with Crippen LogP contribution in [0.1, 0.15) is 29.3 Å². The topological polar surface area (TPSA) is 29.1 Å². The van der Waals surface area contributed by atoms with E-state index < -0.39 is 11.7 Å². The van der Waals surface area contributed by atoms with Crippen LogP contribution in [0.2, 0.25) is 5.02 Å². The lowest BCUT2D eigenvalue weighted by molar-refractivity contribution is 0.102. The Kier molecular flexibility index (Phi) is 4.74. The van der Waals surface area contributed by atoms with Crippen molar-refractivity contribution in [2.24, 2.45) is 0 Å². The number of amides is 1. The van der Waals surface area contributed by atoms with Gasteiger partial charge in [0.1, 0.15) is 5.82 Å². The third-order valence-electron chi connectivity index (χ3n) is 2.94. The number of benzene rings is 2. The highest BCUT2D eigenvalue weighted by Gasteiger charge is 2.15. The summed E-state index contributed by atoms with van der Waals surface area (Å²) in [6.45, 7) is 2.11. The molecule has 2 rings (SSSR count). The average molecular weight is 292 g/mol. The normalized spacial score (nSPS) is 10.3. The standard InChI is InChI=1S/C16H15ClFNO/c1-2-4-11-7-9-12(10-8-11)19-16(20)15-13(17)5-3-6-14(15)18/h3,5-10H,2,4H2,1H3,(H,19,20). The third kappa shape index (κ3) is 3.36. The van der Waals surface area contributed by atoms with Gasteiger partial charge in [-0.1, -0.05) is 43.1 Å². The molecule has 0 radical (unpaired) electrons. The minimum atomic E-state index is -0.627. The minimum absolute atomic E-state index is 0.102. The Morgan fingerprint density at radius 2 is 1.90 bits per heavy atom. The van der Waals surface area contributed by atoms with Crippen molar-refractivity contribution in [3.8, 4) is 0 Å². The first-order chi connectivity index (χ1) is 9.61. The SMILES string of the molecule is CCCc1ccc(NC(=O)c2c(F)cccc2Cl)cc1. The van der Waals surface area contributed by atoms with E-state index >= 15 is 0 Å². The van der Waals surface area contributed by atoms with Crippen molar-refractivity contribution in [2.75, 3.05) is 5.32 Å². The fourth-order valence-corrected chi connectivity index (χ4v) is 2.20. The molecule has 0 aliphatic rings. The van der Waals surface area contributed by atoms with Crippen molar-refractivity contribution in [3.05, 3.63) is 64.4 Å². The number of carbonyl (C=O) groups is 1. The molecule has 0 heterocycles. The minimum Gasteiger partial charge on any atom is -0.322 e. The molecule has 4 heteroatoms. The van der Waals surface area contributed by atoms with Crippen LogP contribution in [0.3, 0.4) is 0 Å². The first-order valence-electron chi connectivity index (χ1n) is 6.46. The number of hydrogen-bond acceptors (Lipinski definition) is 1. The van der Waals surface area contributed by atoms with Gasteiger partial charge in [-0.3, -0.25) is 4.79 Å². The maximum absolute atomic E-state index is 13.6. The molecule has 0 aliphatic carbocycles. The van der Waals surface area contributed by atoms with E-state index in [1.165, 1.54) is 23.8 Å². The molecule has 0 bridgehead atoms. The van der Waals surface area contributed by atoms with Gasteiger partial charge in [0.25, 0.3) is 5.91 Å². The second-order valence-corrected chi connectivity index (χ2v) is 4.90. The molecule has 20 heavy (non-hydrogen) atoms. The van der Waals surface area contributed by atoms with E-state index in [4.69, 9.17) is 11.6 Å². The Balaban J connectivity index is 2.15. The fraction of sp³-hybridized carbons (Fsp3) is 0.188. The van der Waals surface area contributed by atoms with E-state index in [0.717, 1.165) is 12.8 Å². The van der Waals surface area contributed by atoms with Crippen LogP contribution in [0.4, 0.5) is 10.1 Å². The van der Waals surface area contributed by atoms with E-state index in [1.54, 1.807) is 12.1 Å². The summed E-state index contributed by atoms with van der Waals surface area (Å²) in [5, 5.41) is 2.75. The number of nitrogens with one attached hydrogen (secondary N) is 1. The van der Waals surface area contributed by atoms with Gasteiger partial charge >= 0.3 is 0 Å². The number of carbonyl (C=O) groups excluding carboxylic acids is 1. The van der Waals surface area contributed by atoms with Gasteiger partial charge in [0, 0.05) is 5.69 Å². The third-order valence-corrected chi connectivity index (χ3v) is 3.26. The van der Waals surface area contributed by atoms with Crippen LogP contribution < -0.4 is 5.32 Å². The average Bonchev–Trinajstić information content (AvgIpc) is 2.41. The maximum atomic E-state index is 13.6. The van der Waals surface area contributed by atoms with Crippen LogP contribution in [-0.2, 0) is 6.42 Å². The summed E-state index contributed by atoms with van der Waals surface area (Å²) in [4.78, 5) is 12.0. The monoisotopic (exact) mass is 291 g/mol. The second-order valence-electron chi connectivity index (χ2n) is 4.50. The zero-order valence-electron chi connectivity index (χ0n) is 11.1. The van der Waals surface area contributed by atoms with Crippen molar-refractivity contribution in [1.29, 1.82) is 0 Å². The lowest BCUT2D eigenvalue weighted by Crippen LogP contribution is -2.14. The van der Waals surface area contributed by atoms with Gasteiger partial charge < -0.3 is 5.32 Å². The first-order valence-corrected chi connectivity index (χ1v) is 6.84. The number of anilines is 1. The van der Waals surface area contributed by atoms with Crippen LogP contribution in [0.15, 0.2) is 42.5 Å². The Bertz CT molecular complexity index is 590. The number of halogens is 2. The highest BCUT2D eigenvalue weighted by atomic mass is 35.5. The Labute approximate surface area is 122 Å². The number of hydrogen-bond donors (Lipinski definition) is 1. The summed E-state index contributed by atoms with van der Waals surface area (Å²) >= 11 is 5.86. The van der Waals surface area contributed by atoms with E-state index in [-0.39, 0.29) is 10.6 Å². The molecule has 0 aromatic heterocycles. The van der Waals surface area contributed by atoms with E-state index in [0.29, 0.717) is 5.69 Å². The lowest BCUT2D eigenvalue weighted by Gasteiger charge is -2.08. The lowest BCUT2D eigenvalue weighted by atomic mass is 10.1. The molecule has 2 nitrogen and oxygen atoms in total. The quantitative estimate of drug-likeness (QED) is 0.870. The molecule has 104 valence electrons. The smallest absolute Gasteiger partial charge is 0.260 e. The largest absolute Gasteiger partial charge is 0.322 e. The molecule has 2 aromatic rings. The van der Waals surface area contributed by atoms with Crippen LogP contribution >= 0.6 is 11.6 Å². The van der Waals surface area contributed by atoms with Crippen molar-refractivity contribution in [3.63, 3.8) is 0 Å².